The topological polar surface area (TPSA) is 66.9 Å². The highest BCUT2D eigenvalue weighted by atomic mass is 35.5. The summed E-state index contributed by atoms with van der Waals surface area (Å²) in [4.78, 5) is 20.0. The highest BCUT2D eigenvalue weighted by Gasteiger charge is 2.30. The second-order valence-corrected chi connectivity index (χ2v) is 9.72. The van der Waals surface area contributed by atoms with E-state index in [1.165, 1.54) is 37.4 Å². The van der Waals surface area contributed by atoms with E-state index < -0.39 is 10.0 Å². The van der Waals surface area contributed by atoms with Crippen molar-refractivity contribution >= 4 is 27.5 Å². The molecule has 8 heteroatoms. The number of rotatable bonds is 7. The van der Waals surface area contributed by atoms with Crippen molar-refractivity contribution in [2.75, 3.05) is 20.7 Å². The number of halogens is 1. The summed E-state index contributed by atoms with van der Waals surface area (Å²) in [6, 6.07) is 12.8. The number of hydrogen-bond acceptors (Lipinski definition) is 4. The number of fused-ring (bicyclic) bond motifs is 1. The highest BCUT2D eigenvalue weighted by Crippen LogP contribution is 2.29. The van der Waals surface area contributed by atoms with Gasteiger partial charge in [0, 0.05) is 25.2 Å². The molecule has 2 aromatic carbocycles. The SMILES string of the molecule is CCCN(C(=O)c1ccc(Cl)c(S(=O)(=O)N(C)OC)c1)C1CCc2ccccc2C1. The second kappa shape index (κ2) is 9.47. The van der Waals surface area contributed by atoms with E-state index in [-0.39, 0.29) is 21.9 Å². The minimum absolute atomic E-state index is 0.0454. The predicted molar refractivity (Wildman–Crippen MR) is 117 cm³/mol. The van der Waals surface area contributed by atoms with Crippen LogP contribution < -0.4 is 0 Å². The van der Waals surface area contributed by atoms with Gasteiger partial charge in [-0.2, -0.15) is 0 Å². The molecule has 1 unspecified atom stereocenters. The Morgan fingerprint density at radius 2 is 1.90 bits per heavy atom. The van der Waals surface area contributed by atoms with Crippen molar-refractivity contribution in [3.8, 4) is 0 Å². The normalized spacial score (nSPS) is 16.4. The molecule has 0 aliphatic heterocycles. The van der Waals surface area contributed by atoms with Gasteiger partial charge in [0.15, 0.2) is 0 Å². The number of sulfonamides is 1. The maximum Gasteiger partial charge on any atom is 0.266 e. The van der Waals surface area contributed by atoms with Crippen LogP contribution in [0.4, 0.5) is 0 Å². The molecule has 0 bridgehead atoms. The van der Waals surface area contributed by atoms with Crippen LogP contribution in [0.1, 0.15) is 41.3 Å². The monoisotopic (exact) mass is 450 g/mol. The Morgan fingerprint density at radius 3 is 2.57 bits per heavy atom. The van der Waals surface area contributed by atoms with Gasteiger partial charge in [0.05, 0.1) is 12.1 Å². The van der Waals surface area contributed by atoms with Crippen LogP contribution in [0.5, 0.6) is 0 Å². The quantitative estimate of drug-likeness (QED) is 0.599. The molecule has 3 rings (SSSR count). The molecule has 0 heterocycles. The molecule has 0 spiro atoms. The average molecular weight is 451 g/mol. The zero-order valence-electron chi connectivity index (χ0n) is 17.5. The van der Waals surface area contributed by atoms with Crippen molar-refractivity contribution in [2.45, 2.75) is 43.5 Å². The number of hydrogen-bond donors (Lipinski definition) is 0. The van der Waals surface area contributed by atoms with Gasteiger partial charge in [-0.3, -0.25) is 9.63 Å². The summed E-state index contributed by atoms with van der Waals surface area (Å²) >= 11 is 6.15. The molecule has 0 fully saturated rings. The summed E-state index contributed by atoms with van der Waals surface area (Å²) in [5, 5.41) is 0.0454. The van der Waals surface area contributed by atoms with Crippen molar-refractivity contribution in [2.24, 2.45) is 0 Å². The number of hydroxylamine groups is 1. The molecule has 0 saturated heterocycles. The number of carbonyl (C=O) groups is 1. The van der Waals surface area contributed by atoms with Crippen molar-refractivity contribution in [3.63, 3.8) is 0 Å². The maximum atomic E-state index is 13.4. The smallest absolute Gasteiger partial charge is 0.266 e. The van der Waals surface area contributed by atoms with Crippen LogP contribution in [0.25, 0.3) is 0 Å². The molecule has 0 N–H and O–H groups in total. The Hall–Kier alpha value is -1.93. The summed E-state index contributed by atoms with van der Waals surface area (Å²) < 4.78 is 26.1. The molecule has 1 atom stereocenters. The Bertz CT molecular complexity index is 1030. The Kier molecular flexibility index (Phi) is 7.18. The summed E-state index contributed by atoms with van der Waals surface area (Å²) in [6.45, 7) is 2.64. The van der Waals surface area contributed by atoms with Gasteiger partial charge in [0.1, 0.15) is 4.90 Å². The molecule has 162 valence electrons. The lowest BCUT2D eigenvalue weighted by atomic mass is 9.87. The van der Waals surface area contributed by atoms with Gasteiger partial charge in [-0.15, -0.1) is 0 Å². The van der Waals surface area contributed by atoms with Crippen molar-refractivity contribution in [3.05, 3.63) is 64.2 Å². The lowest BCUT2D eigenvalue weighted by Gasteiger charge is -2.35. The highest BCUT2D eigenvalue weighted by molar-refractivity contribution is 7.89. The van der Waals surface area contributed by atoms with E-state index in [1.54, 1.807) is 6.07 Å². The summed E-state index contributed by atoms with van der Waals surface area (Å²) in [7, 11) is -1.44. The van der Waals surface area contributed by atoms with Crippen LogP contribution in [0.15, 0.2) is 47.4 Å². The fraction of sp³-hybridized carbons (Fsp3) is 0.409. The molecule has 30 heavy (non-hydrogen) atoms. The van der Waals surface area contributed by atoms with Crippen LogP contribution in [0.3, 0.4) is 0 Å². The van der Waals surface area contributed by atoms with Crippen molar-refractivity contribution < 1.29 is 18.0 Å². The molecule has 0 aromatic heterocycles. The van der Waals surface area contributed by atoms with Crippen LogP contribution in [0.2, 0.25) is 5.02 Å². The fourth-order valence-corrected chi connectivity index (χ4v) is 5.35. The first kappa shape index (κ1) is 22.7. The van der Waals surface area contributed by atoms with E-state index in [1.807, 2.05) is 24.0 Å². The van der Waals surface area contributed by atoms with Gasteiger partial charge in [0.25, 0.3) is 15.9 Å². The summed E-state index contributed by atoms with van der Waals surface area (Å²) in [5.41, 5.74) is 2.90. The van der Waals surface area contributed by atoms with Crippen LogP contribution in [-0.2, 0) is 27.7 Å². The van der Waals surface area contributed by atoms with Gasteiger partial charge in [-0.05, 0) is 55.0 Å². The molecule has 1 aliphatic carbocycles. The van der Waals surface area contributed by atoms with E-state index >= 15 is 0 Å². The van der Waals surface area contributed by atoms with Gasteiger partial charge in [-0.25, -0.2) is 8.42 Å². The van der Waals surface area contributed by atoms with E-state index in [0.717, 1.165) is 30.2 Å². The number of amides is 1. The molecule has 1 aliphatic rings. The van der Waals surface area contributed by atoms with Crippen LogP contribution in [-0.4, -0.2) is 50.4 Å². The summed E-state index contributed by atoms with van der Waals surface area (Å²) in [5.74, 6) is -0.186. The van der Waals surface area contributed by atoms with E-state index in [9.17, 15) is 13.2 Å². The Morgan fingerprint density at radius 1 is 1.20 bits per heavy atom. The van der Waals surface area contributed by atoms with E-state index in [0.29, 0.717) is 12.1 Å². The van der Waals surface area contributed by atoms with Crippen molar-refractivity contribution in [1.29, 1.82) is 0 Å². The fourth-order valence-electron chi connectivity index (χ4n) is 3.87. The number of nitrogens with zero attached hydrogens (tertiary/aromatic N) is 2. The first-order valence-corrected chi connectivity index (χ1v) is 11.8. The Labute approximate surface area is 183 Å². The lowest BCUT2D eigenvalue weighted by molar-refractivity contribution is -0.0258. The number of aryl methyl sites for hydroxylation is 1. The van der Waals surface area contributed by atoms with E-state index in [2.05, 4.69) is 12.1 Å². The lowest BCUT2D eigenvalue weighted by Crippen LogP contribution is -2.44. The zero-order valence-corrected chi connectivity index (χ0v) is 19.0. The third-order valence-electron chi connectivity index (χ3n) is 5.54. The van der Waals surface area contributed by atoms with Gasteiger partial charge in [-0.1, -0.05) is 47.3 Å². The van der Waals surface area contributed by atoms with Gasteiger partial charge in [0.2, 0.25) is 0 Å². The molecule has 6 nitrogen and oxygen atoms in total. The van der Waals surface area contributed by atoms with E-state index in [4.69, 9.17) is 16.4 Å². The molecular weight excluding hydrogens is 424 g/mol. The first-order chi connectivity index (χ1) is 14.3. The predicted octanol–water partition coefficient (Wildman–Crippen LogP) is 3.93. The molecule has 1 amide bonds. The van der Waals surface area contributed by atoms with Gasteiger partial charge >= 0.3 is 0 Å². The second-order valence-electron chi connectivity index (χ2n) is 7.41. The maximum absolute atomic E-state index is 13.4. The third kappa shape index (κ3) is 4.54. The van der Waals surface area contributed by atoms with Crippen LogP contribution in [0, 0.1) is 0 Å². The molecule has 0 saturated carbocycles. The standard InChI is InChI=1S/C22H27ClN2O4S/c1-4-13-25(19-11-9-16-7-5-6-8-17(16)14-19)22(26)18-10-12-20(23)21(15-18)30(27,28)24(2)29-3/h5-8,10,12,15,19H,4,9,11,13-14H2,1-3H3. The first-order valence-electron chi connectivity index (χ1n) is 10.00. The van der Waals surface area contributed by atoms with Crippen LogP contribution >= 0.6 is 11.6 Å². The number of carbonyl (C=O) groups excluding carboxylic acids is 1. The molecular formula is C22H27ClN2O4S. The molecule has 2 aromatic rings. The minimum Gasteiger partial charge on any atom is -0.335 e. The molecule has 0 radical (unpaired) electrons. The largest absolute Gasteiger partial charge is 0.335 e. The number of benzene rings is 2. The van der Waals surface area contributed by atoms with Crippen molar-refractivity contribution in [1.82, 2.24) is 9.37 Å². The third-order valence-corrected chi connectivity index (χ3v) is 7.70. The van der Waals surface area contributed by atoms with Gasteiger partial charge < -0.3 is 4.90 Å². The summed E-state index contributed by atoms with van der Waals surface area (Å²) in [6.07, 6.45) is 3.42. The average Bonchev–Trinajstić information content (AvgIpc) is 2.76. The zero-order chi connectivity index (χ0) is 21.9. The minimum atomic E-state index is -3.97. The Balaban J connectivity index is 1.92.